The standard InChI is InChI=1S/C18H24N2O2/c1-11-12(2)19-17-8-7-13(9-15(11)17)18(22)20-16-6-4-3-5-14(16)10-21/h7-9,14,16,19,21H,3-6,10H2,1-2H3,(H,20,22). The Bertz CT molecular complexity index is 690. The number of carbonyl (C=O) groups excluding carboxylic acids is 1. The van der Waals surface area contributed by atoms with Crippen molar-refractivity contribution in [1.82, 2.24) is 10.3 Å². The molecule has 4 heteroatoms. The molecule has 2 aromatic rings. The Hall–Kier alpha value is -1.81. The van der Waals surface area contributed by atoms with Crippen molar-refractivity contribution in [1.29, 1.82) is 0 Å². The van der Waals surface area contributed by atoms with Crippen LogP contribution in [0.5, 0.6) is 0 Å². The van der Waals surface area contributed by atoms with Crippen LogP contribution < -0.4 is 5.32 Å². The number of fused-ring (bicyclic) bond motifs is 1. The van der Waals surface area contributed by atoms with E-state index >= 15 is 0 Å². The summed E-state index contributed by atoms with van der Waals surface area (Å²) in [4.78, 5) is 15.9. The predicted octanol–water partition coefficient (Wildman–Crippen LogP) is 3.07. The first-order chi connectivity index (χ1) is 10.6. The summed E-state index contributed by atoms with van der Waals surface area (Å²) in [6.45, 7) is 4.27. The molecule has 1 fully saturated rings. The van der Waals surface area contributed by atoms with Crippen LogP contribution >= 0.6 is 0 Å². The van der Waals surface area contributed by atoms with Gasteiger partial charge >= 0.3 is 0 Å². The Morgan fingerprint density at radius 2 is 2.09 bits per heavy atom. The van der Waals surface area contributed by atoms with E-state index in [9.17, 15) is 9.90 Å². The number of aliphatic hydroxyl groups excluding tert-OH is 1. The number of aromatic nitrogens is 1. The maximum Gasteiger partial charge on any atom is 0.251 e. The zero-order valence-corrected chi connectivity index (χ0v) is 13.3. The number of nitrogens with one attached hydrogen (secondary N) is 2. The molecule has 1 saturated carbocycles. The molecule has 0 radical (unpaired) electrons. The van der Waals surface area contributed by atoms with Gasteiger partial charge in [-0.05, 0) is 50.5 Å². The second-order valence-corrected chi connectivity index (χ2v) is 6.44. The molecule has 1 aromatic carbocycles. The molecule has 0 bridgehead atoms. The fourth-order valence-electron chi connectivity index (χ4n) is 3.47. The summed E-state index contributed by atoms with van der Waals surface area (Å²) in [6.07, 6.45) is 4.22. The van der Waals surface area contributed by atoms with Gasteiger partial charge in [0, 0.05) is 40.7 Å². The van der Waals surface area contributed by atoms with Crippen molar-refractivity contribution >= 4 is 16.8 Å². The van der Waals surface area contributed by atoms with Gasteiger partial charge in [-0.1, -0.05) is 12.8 Å². The van der Waals surface area contributed by atoms with Gasteiger partial charge in [-0.25, -0.2) is 0 Å². The molecule has 0 aliphatic heterocycles. The van der Waals surface area contributed by atoms with E-state index in [0.717, 1.165) is 42.3 Å². The lowest BCUT2D eigenvalue weighted by Crippen LogP contribution is -2.43. The van der Waals surface area contributed by atoms with E-state index in [4.69, 9.17) is 0 Å². The van der Waals surface area contributed by atoms with Gasteiger partial charge in [0.25, 0.3) is 5.91 Å². The van der Waals surface area contributed by atoms with Gasteiger partial charge in [-0.15, -0.1) is 0 Å². The third kappa shape index (κ3) is 2.75. The fourth-order valence-corrected chi connectivity index (χ4v) is 3.47. The summed E-state index contributed by atoms with van der Waals surface area (Å²) in [5.74, 6) is 0.156. The van der Waals surface area contributed by atoms with Crippen molar-refractivity contribution in [3.05, 3.63) is 35.0 Å². The summed E-state index contributed by atoms with van der Waals surface area (Å²) < 4.78 is 0. The normalized spacial score (nSPS) is 22.0. The average molecular weight is 300 g/mol. The number of rotatable bonds is 3. The lowest BCUT2D eigenvalue weighted by Gasteiger charge is -2.30. The molecule has 0 spiro atoms. The van der Waals surface area contributed by atoms with Crippen LogP contribution in [0.1, 0.15) is 47.3 Å². The number of amides is 1. The van der Waals surface area contributed by atoms with E-state index in [2.05, 4.69) is 17.2 Å². The molecule has 4 nitrogen and oxygen atoms in total. The van der Waals surface area contributed by atoms with Crippen molar-refractivity contribution in [2.24, 2.45) is 5.92 Å². The SMILES string of the molecule is Cc1[nH]c2ccc(C(=O)NC3CCCCC3CO)cc2c1C. The number of carbonyl (C=O) groups is 1. The van der Waals surface area contributed by atoms with Crippen molar-refractivity contribution in [3.8, 4) is 0 Å². The van der Waals surface area contributed by atoms with Gasteiger partial charge in [0.1, 0.15) is 0 Å². The molecular weight excluding hydrogens is 276 g/mol. The summed E-state index contributed by atoms with van der Waals surface area (Å²) >= 11 is 0. The predicted molar refractivity (Wildman–Crippen MR) is 88.1 cm³/mol. The topological polar surface area (TPSA) is 65.1 Å². The van der Waals surface area contributed by atoms with Crippen molar-refractivity contribution < 1.29 is 9.90 Å². The van der Waals surface area contributed by atoms with Crippen LogP contribution in [-0.4, -0.2) is 28.6 Å². The summed E-state index contributed by atoms with van der Waals surface area (Å²) in [7, 11) is 0. The third-order valence-electron chi connectivity index (χ3n) is 5.03. The van der Waals surface area contributed by atoms with Gasteiger partial charge < -0.3 is 15.4 Å². The number of H-pyrrole nitrogens is 1. The highest BCUT2D eigenvalue weighted by atomic mass is 16.3. The zero-order valence-electron chi connectivity index (χ0n) is 13.3. The third-order valence-corrected chi connectivity index (χ3v) is 5.03. The molecule has 2 atom stereocenters. The van der Waals surface area contributed by atoms with Crippen LogP contribution in [0.15, 0.2) is 18.2 Å². The van der Waals surface area contributed by atoms with Crippen LogP contribution in [0.4, 0.5) is 0 Å². The van der Waals surface area contributed by atoms with E-state index < -0.39 is 0 Å². The Labute approximate surface area is 130 Å². The van der Waals surface area contributed by atoms with Gasteiger partial charge in [0.15, 0.2) is 0 Å². The number of aryl methyl sites for hydroxylation is 2. The highest BCUT2D eigenvalue weighted by molar-refractivity contribution is 5.99. The van der Waals surface area contributed by atoms with Gasteiger partial charge in [-0.2, -0.15) is 0 Å². The van der Waals surface area contributed by atoms with Crippen LogP contribution in [0.25, 0.3) is 10.9 Å². The maximum atomic E-state index is 12.5. The molecule has 1 amide bonds. The molecule has 22 heavy (non-hydrogen) atoms. The molecule has 118 valence electrons. The minimum absolute atomic E-state index is 0.0366. The summed E-state index contributed by atoms with van der Waals surface area (Å²) in [5.41, 5.74) is 4.09. The quantitative estimate of drug-likeness (QED) is 0.815. The van der Waals surface area contributed by atoms with E-state index in [1.807, 2.05) is 25.1 Å². The largest absolute Gasteiger partial charge is 0.396 e. The number of benzene rings is 1. The molecule has 1 heterocycles. The minimum atomic E-state index is -0.0366. The average Bonchev–Trinajstić information content (AvgIpc) is 2.82. The van der Waals surface area contributed by atoms with Gasteiger partial charge in [-0.3, -0.25) is 4.79 Å². The van der Waals surface area contributed by atoms with Gasteiger partial charge in [0.2, 0.25) is 0 Å². The lowest BCUT2D eigenvalue weighted by atomic mass is 9.85. The molecule has 3 rings (SSSR count). The summed E-state index contributed by atoms with van der Waals surface area (Å²) in [6, 6.07) is 5.88. The van der Waals surface area contributed by atoms with Crippen LogP contribution in [-0.2, 0) is 0 Å². The molecule has 0 saturated heterocycles. The first kappa shape index (κ1) is 15.1. The van der Waals surface area contributed by atoms with Crippen LogP contribution in [0.3, 0.4) is 0 Å². The van der Waals surface area contributed by atoms with E-state index in [1.165, 1.54) is 5.56 Å². The molecule has 1 aromatic heterocycles. The Kier molecular flexibility index (Phi) is 4.21. The number of hydrogen-bond donors (Lipinski definition) is 3. The maximum absolute atomic E-state index is 12.5. The second-order valence-electron chi connectivity index (χ2n) is 6.44. The second kappa shape index (κ2) is 6.13. The first-order valence-electron chi connectivity index (χ1n) is 8.11. The highest BCUT2D eigenvalue weighted by Crippen LogP contribution is 2.25. The first-order valence-corrected chi connectivity index (χ1v) is 8.11. The molecule has 1 aliphatic rings. The lowest BCUT2D eigenvalue weighted by molar-refractivity contribution is 0.0873. The van der Waals surface area contributed by atoms with Gasteiger partial charge in [0.05, 0.1) is 0 Å². The Morgan fingerprint density at radius 3 is 2.86 bits per heavy atom. The van der Waals surface area contributed by atoms with Crippen LogP contribution in [0.2, 0.25) is 0 Å². The monoisotopic (exact) mass is 300 g/mol. The number of aromatic amines is 1. The highest BCUT2D eigenvalue weighted by Gasteiger charge is 2.26. The smallest absolute Gasteiger partial charge is 0.251 e. The fraction of sp³-hybridized carbons (Fsp3) is 0.500. The van der Waals surface area contributed by atoms with Crippen LogP contribution in [0, 0.1) is 19.8 Å². The van der Waals surface area contributed by atoms with E-state index in [1.54, 1.807) is 0 Å². The van der Waals surface area contributed by atoms with Crippen molar-refractivity contribution in [2.75, 3.05) is 6.61 Å². The molecule has 1 aliphatic carbocycles. The zero-order chi connectivity index (χ0) is 15.7. The Morgan fingerprint density at radius 1 is 1.32 bits per heavy atom. The van der Waals surface area contributed by atoms with Crippen molar-refractivity contribution in [2.45, 2.75) is 45.6 Å². The number of hydrogen-bond acceptors (Lipinski definition) is 2. The number of aliphatic hydroxyl groups is 1. The Balaban J connectivity index is 1.81. The molecule has 3 N–H and O–H groups in total. The van der Waals surface area contributed by atoms with E-state index in [-0.39, 0.29) is 24.5 Å². The molecule has 2 unspecified atom stereocenters. The minimum Gasteiger partial charge on any atom is -0.396 e. The molecular formula is C18H24N2O2. The van der Waals surface area contributed by atoms with E-state index in [0.29, 0.717) is 5.56 Å². The van der Waals surface area contributed by atoms with Crippen molar-refractivity contribution in [3.63, 3.8) is 0 Å². The summed E-state index contributed by atoms with van der Waals surface area (Å²) in [5, 5.41) is 13.7.